The van der Waals surface area contributed by atoms with Gasteiger partial charge in [-0.2, -0.15) is 5.10 Å². The molecule has 17 heavy (non-hydrogen) atoms. The van der Waals surface area contributed by atoms with Crippen LogP contribution in [-0.4, -0.2) is 20.8 Å². The summed E-state index contributed by atoms with van der Waals surface area (Å²) in [5.41, 5.74) is 0. The Labute approximate surface area is 104 Å². The molecule has 1 saturated carbocycles. The molecule has 2 rings (SSSR count). The van der Waals surface area contributed by atoms with Gasteiger partial charge in [0.15, 0.2) is 0 Å². The number of nitrogens with zero attached hydrogens (tertiary/aromatic N) is 3. The first kappa shape index (κ1) is 12.6. The van der Waals surface area contributed by atoms with E-state index in [1.54, 1.807) is 6.33 Å². The Kier molecular flexibility index (Phi) is 4.15. The molecule has 1 aromatic heterocycles. The fourth-order valence-corrected chi connectivity index (χ4v) is 3.02. The predicted octanol–water partition coefficient (Wildman–Crippen LogP) is 2.21. The summed E-state index contributed by atoms with van der Waals surface area (Å²) in [6.07, 6.45) is 5.63. The highest BCUT2D eigenvalue weighted by molar-refractivity contribution is 4.90. The standard InChI is InChI=1S/C13H24N4/c1-4-11-6-7-12(10(11)3)14-8-13-15-9-16-17(13)5-2/h9-12,14H,4-8H2,1-3H3. The van der Waals surface area contributed by atoms with Crippen molar-refractivity contribution in [3.63, 3.8) is 0 Å². The molecule has 96 valence electrons. The summed E-state index contributed by atoms with van der Waals surface area (Å²) in [6.45, 7) is 8.53. The third-order valence-electron chi connectivity index (χ3n) is 4.27. The largest absolute Gasteiger partial charge is 0.307 e. The van der Waals surface area contributed by atoms with Crippen molar-refractivity contribution in [3.8, 4) is 0 Å². The Hall–Kier alpha value is -0.900. The minimum atomic E-state index is 0.655. The van der Waals surface area contributed by atoms with Gasteiger partial charge in [-0.1, -0.05) is 20.3 Å². The second-order valence-corrected chi connectivity index (χ2v) is 5.08. The normalized spacial score (nSPS) is 28.8. The van der Waals surface area contributed by atoms with Crippen LogP contribution in [0, 0.1) is 11.8 Å². The quantitative estimate of drug-likeness (QED) is 0.852. The summed E-state index contributed by atoms with van der Waals surface area (Å²) >= 11 is 0. The van der Waals surface area contributed by atoms with E-state index in [0.717, 1.165) is 30.7 Å². The number of hydrogen-bond donors (Lipinski definition) is 1. The van der Waals surface area contributed by atoms with Crippen LogP contribution in [0.1, 0.15) is 45.9 Å². The van der Waals surface area contributed by atoms with Crippen LogP contribution in [0.4, 0.5) is 0 Å². The van der Waals surface area contributed by atoms with Gasteiger partial charge in [0.2, 0.25) is 0 Å². The zero-order valence-electron chi connectivity index (χ0n) is 11.2. The number of hydrogen-bond acceptors (Lipinski definition) is 3. The van der Waals surface area contributed by atoms with Crippen LogP contribution >= 0.6 is 0 Å². The van der Waals surface area contributed by atoms with Crippen molar-refractivity contribution >= 4 is 0 Å². The van der Waals surface area contributed by atoms with Crippen LogP contribution in [0.2, 0.25) is 0 Å². The van der Waals surface area contributed by atoms with E-state index in [2.05, 4.69) is 36.2 Å². The Bertz CT molecular complexity index is 347. The smallest absolute Gasteiger partial charge is 0.140 e. The molecule has 4 nitrogen and oxygen atoms in total. The maximum absolute atomic E-state index is 4.30. The topological polar surface area (TPSA) is 42.7 Å². The maximum Gasteiger partial charge on any atom is 0.140 e. The number of rotatable bonds is 5. The number of aryl methyl sites for hydroxylation is 1. The van der Waals surface area contributed by atoms with E-state index in [0.29, 0.717) is 6.04 Å². The molecule has 1 N–H and O–H groups in total. The Morgan fingerprint density at radius 2 is 2.24 bits per heavy atom. The highest BCUT2D eigenvalue weighted by Gasteiger charge is 2.31. The van der Waals surface area contributed by atoms with E-state index < -0.39 is 0 Å². The van der Waals surface area contributed by atoms with Crippen molar-refractivity contribution in [1.29, 1.82) is 0 Å². The van der Waals surface area contributed by atoms with Gasteiger partial charge in [-0.15, -0.1) is 0 Å². The number of aromatic nitrogens is 3. The van der Waals surface area contributed by atoms with Gasteiger partial charge in [0.25, 0.3) is 0 Å². The summed E-state index contributed by atoms with van der Waals surface area (Å²) in [7, 11) is 0. The second kappa shape index (κ2) is 5.63. The number of nitrogens with one attached hydrogen (secondary N) is 1. The molecule has 3 unspecified atom stereocenters. The van der Waals surface area contributed by atoms with Crippen molar-refractivity contribution in [2.24, 2.45) is 11.8 Å². The third kappa shape index (κ3) is 2.68. The van der Waals surface area contributed by atoms with Crippen molar-refractivity contribution in [2.45, 2.75) is 59.2 Å². The molecule has 0 radical (unpaired) electrons. The molecule has 1 heterocycles. The molecule has 4 heteroatoms. The molecule has 1 fully saturated rings. The van der Waals surface area contributed by atoms with Crippen molar-refractivity contribution < 1.29 is 0 Å². The third-order valence-corrected chi connectivity index (χ3v) is 4.27. The van der Waals surface area contributed by atoms with Gasteiger partial charge in [-0.25, -0.2) is 9.67 Å². The summed E-state index contributed by atoms with van der Waals surface area (Å²) < 4.78 is 1.96. The van der Waals surface area contributed by atoms with Gasteiger partial charge in [0.05, 0.1) is 6.54 Å². The van der Waals surface area contributed by atoms with Crippen molar-refractivity contribution in [3.05, 3.63) is 12.2 Å². The minimum absolute atomic E-state index is 0.655. The molecular weight excluding hydrogens is 212 g/mol. The molecule has 1 aliphatic carbocycles. The second-order valence-electron chi connectivity index (χ2n) is 5.08. The van der Waals surface area contributed by atoms with E-state index in [1.807, 2.05) is 4.68 Å². The fourth-order valence-electron chi connectivity index (χ4n) is 3.02. The summed E-state index contributed by atoms with van der Waals surface area (Å²) in [5, 5.41) is 7.85. The van der Waals surface area contributed by atoms with Gasteiger partial charge in [-0.05, 0) is 31.6 Å². The lowest BCUT2D eigenvalue weighted by atomic mass is 9.93. The average molecular weight is 236 g/mol. The molecule has 0 amide bonds. The predicted molar refractivity (Wildman–Crippen MR) is 68.5 cm³/mol. The maximum atomic E-state index is 4.30. The van der Waals surface area contributed by atoms with E-state index in [4.69, 9.17) is 0 Å². The minimum Gasteiger partial charge on any atom is -0.307 e. The molecular formula is C13H24N4. The zero-order valence-corrected chi connectivity index (χ0v) is 11.2. The molecule has 0 bridgehead atoms. The van der Waals surface area contributed by atoms with Gasteiger partial charge in [-0.3, -0.25) is 0 Å². The van der Waals surface area contributed by atoms with Crippen molar-refractivity contribution in [2.75, 3.05) is 0 Å². The molecule has 0 aromatic carbocycles. The van der Waals surface area contributed by atoms with Crippen LogP contribution in [-0.2, 0) is 13.1 Å². The molecule has 3 atom stereocenters. The zero-order chi connectivity index (χ0) is 12.3. The first-order valence-electron chi connectivity index (χ1n) is 6.86. The molecule has 0 spiro atoms. The molecule has 0 saturated heterocycles. The van der Waals surface area contributed by atoms with Crippen LogP contribution in [0.5, 0.6) is 0 Å². The SMILES string of the molecule is CCC1CCC(NCc2ncnn2CC)C1C. The highest BCUT2D eigenvalue weighted by Crippen LogP contribution is 2.33. The van der Waals surface area contributed by atoms with Gasteiger partial charge < -0.3 is 5.32 Å². The highest BCUT2D eigenvalue weighted by atomic mass is 15.3. The van der Waals surface area contributed by atoms with E-state index in [1.165, 1.54) is 19.3 Å². The molecule has 0 aliphatic heterocycles. The lowest BCUT2D eigenvalue weighted by molar-refractivity contribution is 0.340. The molecule has 1 aromatic rings. The van der Waals surface area contributed by atoms with Crippen LogP contribution < -0.4 is 5.32 Å². The van der Waals surface area contributed by atoms with Crippen LogP contribution in [0.3, 0.4) is 0 Å². The van der Waals surface area contributed by atoms with Crippen molar-refractivity contribution in [1.82, 2.24) is 20.1 Å². The summed E-state index contributed by atoms with van der Waals surface area (Å²) in [6, 6.07) is 0.655. The van der Waals surface area contributed by atoms with Gasteiger partial charge in [0, 0.05) is 12.6 Å². The summed E-state index contributed by atoms with van der Waals surface area (Å²) in [4.78, 5) is 4.30. The van der Waals surface area contributed by atoms with Gasteiger partial charge >= 0.3 is 0 Å². The Morgan fingerprint density at radius 1 is 1.41 bits per heavy atom. The van der Waals surface area contributed by atoms with E-state index >= 15 is 0 Å². The van der Waals surface area contributed by atoms with Crippen LogP contribution in [0.25, 0.3) is 0 Å². The first-order valence-corrected chi connectivity index (χ1v) is 6.86. The lowest BCUT2D eigenvalue weighted by Crippen LogP contribution is -2.33. The van der Waals surface area contributed by atoms with Crippen LogP contribution in [0.15, 0.2) is 6.33 Å². The average Bonchev–Trinajstić information content (AvgIpc) is 2.93. The Morgan fingerprint density at radius 3 is 2.88 bits per heavy atom. The Balaban J connectivity index is 1.87. The summed E-state index contributed by atoms with van der Waals surface area (Å²) in [5.74, 6) is 2.74. The molecule has 1 aliphatic rings. The fraction of sp³-hybridized carbons (Fsp3) is 0.846. The van der Waals surface area contributed by atoms with E-state index in [9.17, 15) is 0 Å². The first-order chi connectivity index (χ1) is 8.26. The lowest BCUT2D eigenvalue weighted by Gasteiger charge is -2.20. The monoisotopic (exact) mass is 236 g/mol. The van der Waals surface area contributed by atoms with Gasteiger partial charge in [0.1, 0.15) is 12.2 Å². The van der Waals surface area contributed by atoms with E-state index in [-0.39, 0.29) is 0 Å².